The molecular weight excluding hydrogens is 383 g/mol. The fourth-order valence-corrected chi connectivity index (χ4v) is 3.28. The Hall–Kier alpha value is -1.46. The summed E-state index contributed by atoms with van der Waals surface area (Å²) in [5.74, 6) is 1.45. The average molecular weight is 411 g/mol. The number of methoxy groups -OCH3 is 1. The van der Waals surface area contributed by atoms with Crippen LogP contribution in [0.15, 0.2) is 36.4 Å². The van der Waals surface area contributed by atoms with Gasteiger partial charge in [-0.2, -0.15) is 0 Å². The summed E-state index contributed by atoms with van der Waals surface area (Å²) in [5, 5.41) is 4.69. The molecule has 0 aromatic heterocycles. The second-order valence-corrected chi connectivity index (χ2v) is 7.02. The minimum atomic E-state index is 0.350. The molecule has 27 heavy (non-hydrogen) atoms. The van der Waals surface area contributed by atoms with Gasteiger partial charge in [0.05, 0.1) is 7.11 Å². The Balaban J connectivity index is 2.03. The molecule has 0 radical (unpaired) electrons. The molecule has 0 atom stereocenters. The van der Waals surface area contributed by atoms with E-state index in [9.17, 15) is 0 Å². The highest BCUT2D eigenvalue weighted by Gasteiger charge is 2.12. The zero-order chi connectivity index (χ0) is 19.6. The average Bonchev–Trinajstić information content (AvgIpc) is 2.67. The van der Waals surface area contributed by atoms with Gasteiger partial charge in [-0.1, -0.05) is 55.2 Å². The molecule has 2 aromatic carbocycles. The van der Waals surface area contributed by atoms with Gasteiger partial charge in [-0.3, -0.25) is 0 Å². The zero-order valence-electron chi connectivity index (χ0n) is 16.2. The first-order valence-electron chi connectivity index (χ1n) is 9.24. The largest absolute Gasteiger partial charge is 0.493 e. The molecule has 148 valence electrons. The van der Waals surface area contributed by atoms with Crippen molar-refractivity contribution in [1.29, 1.82) is 0 Å². The Labute approximate surface area is 172 Å². The van der Waals surface area contributed by atoms with E-state index in [1.165, 1.54) is 0 Å². The van der Waals surface area contributed by atoms with E-state index in [0.29, 0.717) is 28.9 Å². The maximum absolute atomic E-state index is 6.26. The van der Waals surface area contributed by atoms with Crippen molar-refractivity contribution in [3.63, 3.8) is 0 Å². The summed E-state index contributed by atoms with van der Waals surface area (Å²) in [6.07, 6.45) is 0. The van der Waals surface area contributed by atoms with E-state index < -0.39 is 0 Å². The highest BCUT2D eigenvalue weighted by atomic mass is 35.5. The first-order valence-corrected chi connectivity index (χ1v) is 10.00. The molecule has 0 amide bonds. The van der Waals surface area contributed by atoms with Gasteiger partial charge in [-0.05, 0) is 31.3 Å². The van der Waals surface area contributed by atoms with Gasteiger partial charge in [0.15, 0.2) is 11.5 Å². The third kappa shape index (κ3) is 6.58. The molecule has 0 aliphatic heterocycles. The molecule has 0 saturated carbocycles. The van der Waals surface area contributed by atoms with E-state index in [0.717, 1.165) is 43.1 Å². The lowest BCUT2D eigenvalue weighted by Crippen LogP contribution is -2.31. The third-order valence-electron chi connectivity index (χ3n) is 4.48. The van der Waals surface area contributed by atoms with Crippen molar-refractivity contribution in [3.8, 4) is 11.5 Å². The fraction of sp³-hybridized carbons (Fsp3) is 0.429. The SMILES string of the molecule is CCN(CC)CCNCc1cccc(OC)c1OCc1ccc(Cl)cc1Cl. The van der Waals surface area contributed by atoms with Crippen LogP contribution in [0.3, 0.4) is 0 Å². The number of hydrogen-bond donors (Lipinski definition) is 1. The van der Waals surface area contributed by atoms with Crippen LogP contribution in [0.5, 0.6) is 11.5 Å². The number of hydrogen-bond acceptors (Lipinski definition) is 4. The molecular formula is C21H28Cl2N2O2. The highest BCUT2D eigenvalue weighted by Crippen LogP contribution is 2.32. The van der Waals surface area contributed by atoms with Crippen LogP contribution in [0.2, 0.25) is 10.0 Å². The second kappa shape index (κ2) is 11.4. The summed E-state index contributed by atoms with van der Waals surface area (Å²) >= 11 is 12.2. The van der Waals surface area contributed by atoms with Gasteiger partial charge in [-0.25, -0.2) is 0 Å². The molecule has 4 nitrogen and oxygen atoms in total. The summed E-state index contributed by atoms with van der Waals surface area (Å²) < 4.78 is 11.6. The topological polar surface area (TPSA) is 33.7 Å². The lowest BCUT2D eigenvalue weighted by atomic mass is 10.1. The Morgan fingerprint density at radius 3 is 2.48 bits per heavy atom. The molecule has 0 spiro atoms. The number of rotatable bonds is 11. The first-order chi connectivity index (χ1) is 13.1. The van der Waals surface area contributed by atoms with Crippen LogP contribution in [0.1, 0.15) is 25.0 Å². The summed E-state index contributed by atoms with van der Waals surface area (Å²) in [7, 11) is 1.65. The molecule has 2 rings (SSSR count). The van der Waals surface area contributed by atoms with E-state index in [1.807, 2.05) is 30.3 Å². The number of nitrogens with one attached hydrogen (secondary N) is 1. The molecule has 0 aliphatic carbocycles. The Bertz CT molecular complexity index is 721. The monoisotopic (exact) mass is 410 g/mol. The van der Waals surface area contributed by atoms with Crippen molar-refractivity contribution in [2.24, 2.45) is 0 Å². The summed E-state index contributed by atoms with van der Waals surface area (Å²) in [4.78, 5) is 2.39. The smallest absolute Gasteiger partial charge is 0.166 e. The van der Waals surface area contributed by atoms with E-state index in [1.54, 1.807) is 13.2 Å². The van der Waals surface area contributed by atoms with Crippen molar-refractivity contribution in [3.05, 3.63) is 57.6 Å². The Morgan fingerprint density at radius 1 is 1.04 bits per heavy atom. The third-order valence-corrected chi connectivity index (χ3v) is 5.07. The van der Waals surface area contributed by atoms with Crippen LogP contribution in [0.25, 0.3) is 0 Å². The molecule has 0 bridgehead atoms. The van der Waals surface area contributed by atoms with E-state index in [2.05, 4.69) is 24.1 Å². The minimum Gasteiger partial charge on any atom is -0.493 e. The molecule has 1 N–H and O–H groups in total. The second-order valence-electron chi connectivity index (χ2n) is 6.18. The van der Waals surface area contributed by atoms with E-state index >= 15 is 0 Å². The predicted molar refractivity (Wildman–Crippen MR) is 113 cm³/mol. The van der Waals surface area contributed by atoms with E-state index in [-0.39, 0.29) is 0 Å². The van der Waals surface area contributed by atoms with Crippen molar-refractivity contribution in [2.45, 2.75) is 27.0 Å². The minimum absolute atomic E-state index is 0.350. The standard InChI is InChI=1S/C21H28Cl2N2O2/c1-4-25(5-2)12-11-24-14-16-7-6-8-20(26-3)21(16)27-15-17-9-10-18(22)13-19(17)23/h6-10,13,24H,4-5,11-12,14-15H2,1-3H3. The number of benzene rings is 2. The lowest BCUT2D eigenvalue weighted by molar-refractivity contribution is 0.279. The molecule has 2 aromatic rings. The number of para-hydroxylation sites is 1. The number of nitrogens with zero attached hydrogens (tertiary/aromatic N) is 1. The van der Waals surface area contributed by atoms with Crippen LogP contribution in [0, 0.1) is 0 Å². The van der Waals surface area contributed by atoms with Crippen molar-refractivity contribution >= 4 is 23.2 Å². The lowest BCUT2D eigenvalue weighted by Gasteiger charge is -2.19. The molecule has 0 heterocycles. The molecule has 6 heteroatoms. The first kappa shape index (κ1) is 21.8. The summed E-state index contributed by atoms with van der Waals surface area (Å²) in [6.45, 7) is 9.49. The van der Waals surface area contributed by atoms with E-state index in [4.69, 9.17) is 32.7 Å². The maximum atomic E-state index is 6.26. The highest BCUT2D eigenvalue weighted by molar-refractivity contribution is 6.35. The van der Waals surface area contributed by atoms with Gasteiger partial charge in [-0.15, -0.1) is 0 Å². The normalized spacial score (nSPS) is 11.0. The van der Waals surface area contributed by atoms with Crippen LogP contribution in [-0.4, -0.2) is 38.2 Å². The van der Waals surface area contributed by atoms with Gasteiger partial charge >= 0.3 is 0 Å². The van der Waals surface area contributed by atoms with Gasteiger partial charge in [0.2, 0.25) is 0 Å². The van der Waals surface area contributed by atoms with Crippen LogP contribution in [-0.2, 0) is 13.2 Å². The van der Waals surface area contributed by atoms with Gasteiger partial charge < -0.3 is 19.7 Å². The van der Waals surface area contributed by atoms with Crippen molar-refractivity contribution in [2.75, 3.05) is 33.3 Å². The number of likely N-dealkylation sites (N-methyl/N-ethyl adjacent to an activating group) is 1. The number of ether oxygens (including phenoxy) is 2. The summed E-state index contributed by atoms with van der Waals surface area (Å²) in [5.41, 5.74) is 1.94. The van der Waals surface area contributed by atoms with Crippen molar-refractivity contribution in [1.82, 2.24) is 10.2 Å². The zero-order valence-corrected chi connectivity index (χ0v) is 17.7. The maximum Gasteiger partial charge on any atom is 0.166 e. The summed E-state index contributed by atoms with van der Waals surface area (Å²) in [6, 6.07) is 11.3. The quantitative estimate of drug-likeness (QED) is 0.527. The van der Waals surface area contributed by atoms with Gasteiger partial charge in [0.25, 0.3) is 0 Å². The van der Waals surface area contributed by atoms with Crippen LogP contribution < -0.4 is 14.8 Å². The molecule has 0 unspecified atom stereocenters. The van der Waals surface area contributed by atoms with Gasteiger partial charge in [0.1, 0.15) is 6.61 Å². The fourth-order valence-electron chi connectivity index (χ4n) is 2.81. The van der Waals surface area contributed by atoms with Crippen LogP contribution in [0.4, 0.5) is 0 Å². The molecule has 0 fully saturated rings. The Kier molecular flexibility index (Phi) is 9.22. The Morgan fingerprint density at radius 2 is 1.81 bits per heavy atom. The predicted octanol–water partition coefficient (Wildman–Crippen LogP) is 5.01. The molecule has 0 saturated heterocycles. The van der Waals surface area contributed by atoms with Crippen LogP contribution >= 0.6 is 23.2 Å². The van der Waals surface area contributed by atoms with Gasteiger partial charge in [0, 0.05) is 40.8 Å². The van der Waals surface area contributed by atoms with Crippen molar-refractivity contribution < 1.29 is 9.47 Å². The number of halogens is 2. The molecule has 0 aliphatic rings.